The van der Waals surface area contributed by atoms with Gasteiger partial charge in [-0.15, -0.1) is 0 Å². The highest BCUT2D eigenvalue weighted by Crippen LogP contribution is 2.34. The van der Waals surface area contributed by atoms with Crippen LogP contribution in [0.2, 0.25) is 0 Å². The van der Waals surface area contributed by atoms with Gasteiger partial charge >= 0.3 is 0 Å². The molecule has 0 saturated carbocycles. The Morgan fingerprint density at radius 2 is 1.73 bits per heavy atom. The molecule has 0 spiro atoms. The topological polar surface area (TPSA) is 55.8 Å². The summed E-state index contributed by atoms with van der Waals surface area (Å²) in [5.41, 5.74) is 0.705. The molecule has 2 atom stereocenters. The lowest BCUT2D eigenvalue weighted by atomic mass is 9.78. The van der Waals surface area contributed by atoms with E-state index in [2.05, 4.69) is 15.1 Å². The van der Waals surface area contributed by atoms with Crippen molar-refractivity contribution in [2.24, 2.45) is 0 Å². The van der Waals surface area contributed by atoms with Gasteiger partial charge in [0.1, 0.15) is 5.82 Å². The van der Waals surface area contributed by atoms with Gasteiger partial charge in [-0.3, -0.25) is 14.6 Å². The molecule has 5 nitrogen and oxygen atoms in total. The molecule has 0 bridgehead atoms. The molecule has 0 radical (unpaired) electrons. The van der Waals surface area contributed by atoms with Crippen LogP contribution in [0.1, 0.15) is 30.4 Å². The molecule has 2 heterocycles. The van der Waals surface area contributed by atoms with Crippen LogP contribution >= 0.6 is 0 Å². The van der Waals surface area contributed by atoms with Crippen LogP contribution in [0.4, 0.5) is 4.39 Å². The molecule has 2 aromatic rings. The number of hydrogen-bond acceptors (Lipinski definition) is 4. The minimum atomic E-state index is -0.830. The number of halogens is 1. The van der Waals surface area contributed by atoms with E-state index in [1.54, 1.807) is 12.1 Å². The van der Waals surface area contributed by atoms with Crippen molar-refractivity contribution in [3.05, 3.63) is 71.5 Å². The number of amides is 1. The van der Waals surface area contributed by atoms with Crippen molar-refractivity contribution in [1.82, 2.24) is 15.1 Å². The number of hydrogen-bond donors (Lipinski definition) is 2. The molecule has 2 aliphatic heterocycles. The molecular weight excluding hydrogens is 381 g/mol. The minimum absolute atomic E-state index is 0.0534. The highest BCUT2D eigenvalue weighted by Gasteiger charge is 2.45. The lowest BCUT2D eigenvalue weighted by Gasteiger charge is -2.46. The van der Waals surface area contributed by atoms with Gasteiger partial charge in [0.15, 0.2) is 0 Å². The van der Waals surface area contributed by atoms with Crippen LogP contribution in [0.3, 0.4) is 0 Å². The van der Waals surface area contributed by atoms with Crippen LogP contribution in [0.25, 0.3) is 0 Å². The molecule has 4 rings (SSSR count). The SMILES string of the molecule is O=C(CN1CCCC1)N[C@@]1(c2ccccc2)CCN(Cc2ccccc2F)C[C@H]1O. The maximum absolute atomic E-state index is 14.1. The number of rotatable bonds is 6. The number of carbonyl (C=O) groups is 1. The third-order valence-electron chi connectivity index (χ3n) is 6.39. The summed E-state index contributed by atoms with van der Waals surface area (Å²) in [6.45, 7) is 3.73. The standard InChI is InChI=1S/C24H30FN3O2/c25-21-11-5-4-8-19(21)16-28-15-12-24(22(29)17-28,20-9-2-1-3-10-20)26-23(30)18-27-13-6-7-14-27/h1-5,8-11,22,29H,6-7,12-18H2,(H,26,30)/t22-,24-/m1/s1. The zero-order valence-electron chi connectivity index (χ0n) is 17.3. The Labute approximate surface area is 177 Å². The summed E-state index contributed by atoms with van der Waals surface area (Å²) in [6, 6.07) is 16.5. The first-order chi connectivity index (χ1) is 14.6. The van der Waals surface area contributed by atoms with Gasteiger partial charge in [-0.05, 0) is 44.0 Å². The molecule has 160 valence electrons. The van der Waals surface area contributed by atoms with E-state index in [1.807, 2.05) is 36.4 Å². The molecule has 1 amide bonds. The number of aliphatic hydroxyl groups is 1. The summed E-state index contributed by atoms with van der Waals surface area (Å²) >= 11 is 0. The molecule has 2 aromatic carbocycles. The summed E-state index contributed by atoms with van der Waals surface area (Å²) in [5, 5.41) is 14.4. The second-order valence-corrected chi connectivity index (χ2v) is 8.46. The average molecular weight is 412 g/mol. The molecule has 0 aromatic heterocycles. The van der Waals surface area contributed by atoms with Gasteiger partial charge in [0.2, 0.25) is 5.91 Å². The number of β-amino-alcohol motifs (C(OH)–C–C–N with tert-alkyl or cyclic N) is 1. The Morgan fingerprint density at radius 1 is 1.03 bits per heavy atom. The van der Waals surface area contributed by atoms with Crippen LogP contribution in [-0.4, -0.2) is 59.6 Å². The van der Waals surface area contributed by atoms with E-state index in [-0.39, 0.29) is 11.7 Å². The molecule has 0 aliphatic carbocycles. The Kier molecular flexibility index (Phi) is 6.46. The van der Waals surface area contributed by atoms with Gasteiger partial charge in [0, 0.05) is 25.2 Å². The van der Waals surface area contributed by atoms with Crippen molar-refractivity contribution in [3.63, 3.8) is 0 Å². The molecule has 30 heavy (non-hydrogen) atoms. The van der Waals surface area contributed by atoms with Crippen LogP contribution < -0.4 is 5.32 Å². The fourth-order valence-electron chi connectivity index (χ4n) is 4.73. The third kappa shape index (κ3) is 4.56. The average Bonchev–Trinajstić information content (AvgIpc) is 3.25. The summed E-state index contributed by atoms with van der Waals surface area (Å²) in [7, 11) is 0. The third-order valence-corrected chi connectivity index (χ3v) is 6.39. The molecule has 2 fully saturated rings. The molecule has 2 aliphatic rings. The van der Waals surface area contributed by atoms with E-state index >= 15 is 0 Å². The summed E-state index contributed by atoms with van der Waals surface area (Å²) in [4.78, 5) is 17.1. The van der Waals surface area contributed by atoms with E-state index in [0.29, 0.717) is 38.2 Å². The predicted octanol–water partition coefficient (Wildman–Crippen LogP) is 2.50. The van der Waals surface area contributed by atoms with E-state index in [4.69, 9.17) is 0 Å². The maximum atomic E-state index is 14.1. The van der Waals surface area contributed by atoms with E-state index in [0.717, 1.165) is 31.5 Å². The van der Waals surface area contributed by atoms with Crippen molar-refractivity contribution in [3.8, 4) is 0 Å². The zero-order valence-corrected chi connectivity index (χ0v) is 17.3. The van der Waals surface area contributed by atoms with Crippen LogP contribution in [0, 0.1) is 5.82 Å². The first kappa shape index (κ1) is 21.0. The van der Waals surface area contributed by atoms with E-state index in [9.17, 15) is 14.3 Å². The zero-order chi connectivity index (χ0) is 21.0. The maximum Gasteiger partial charge on any atom is 0.234 e. The highest BCUT2D eigenvalue weighted by molar-refractivity contribution is 5.79. The normalized spacial score (nSPS) is 25.3. The second kappa shape index (κ2) is 9.25. The number of aliphatic hydroxyl groups excluding tert-OH is 1. The number of nitrogens with one attached hydrogen (secondary N) is 1. The quantitative estimate of drug-likeness (QED) is 0.767. The number of piperidine rings is 1. The summed E-state index contributed by atoms with van der Waals surface area (Å²) in [5.74, 6) is -0.284. The molecule has 2 N–H and O–H groups in total. The fourth-order valence-corrected chi connectivity index (χ4v) is 4.73. The van der Waals surface area contributed by atoms with E-state index in [1.165, 1.54) is 6.07 Å². The lowest BCUT2D eigenvalue weighted by molar-refractivity contribution is -0.128. The van der Waals surface area contributed by atoms with E-state index < -0.39 is 11.6 Å². The Morgan fingerprint density at radius 3 is 2.43 bits per heavy atom. The Hall–Kier alpha value is -2.28. The second-order valence-electron chi connectivity index (χ2n) is 8.46. The molecule has 0 unspecified atom stereocenters. The fraction of sp³-hybridized carbons (Fsp3) is 0.458. The van der Waals surface area contributed by atoms with Crippen LogP contribution in [0.15, 0.2) is 54.6 Å². The largest absolute Gasteiger partial charge is 0.389 e. The van der Waals surface area contributed by atoms with Crippen LogP contribution in [0.5, 0.6) is 0 Å². The smallest absolute Gasteiger partial charge is 0.234 e. The first-order valence-electron chi connectivity index (χ1n) is 10.8. The minimum Gasteiger partial charge on any atom is -0.389 e. The van der Waals surface area contributed by atoms with Gasteiger partial charge in [-0.2, -0.15) is 0 Å². The van der Waals surface area contributed by atoms with Gasteiger partial charge in [0.05, 0.1) is 18.2 Å². The summed E-state index contributed by atoms with van der Waals surface area (Å²) < 4.78 is 14.1. The van der Waals surface area contributed by atoms with Gasteiger partial charge in [0.25, 0.3) is 0 Å². The Balaban J connectivity index is 1.50. The van der Waals surface area contributed by atoms with Crippen molar-refractivity contribution < 1.29 is 14.3 Å². The molecule has 2 saturated heterocycles. The van der Waals surface area contributed by atoms with Crippen molar-refractivity contribution in [2.45, 2.75) is 37.5 Å². The Bertz CT molecular complexity index is 857. The van der Waals surface area contributed by atoms with Crippen molar-refractivity contribution in [2.75, 3.05) is 32.7 Å². The predicted molar refractivity (Wildman–Crippen MR) is 114 cm³/mol. The first-order valence-corrected chi connectivity index (χ1v) is 10.8. The monoisotopic (exact) mass is 411 g/mol. The summed E-state index contributed by atoms with van der Waals surface area (Å²) in [6.07, 6.45) is 2.04. The number of benzene rings is 2. The number of carbonyl (C=O) groups excluding carboxylic acids is 1. The lowest BCUT2D eigenvalue weighted by Crippen LogP contribution is -2.62. The van der Waals surface area contributed by atoms with Crippen LogP contribution in [-0.2, 0) is 16.9 Å². The molecule has 6 heteroatoms. The van der Waals surface area contributed by atoms with Gasteiger partial charge in [-0.1, -0.05) is 48.5 Å². The van der Waals surface area contributed by atoms with Gasteiger partial charge < -0.3 is 10.4 Å². The number of likely N-dealkylation sites (tertiary alicyclic amines) is 2. The highest BCUT2D eigenvalue weighted by atomic mass is 19.1. The van der Waals surface area contributed by atoms with Crippen molar-refractivity contribution >= 4 is 5.91 Å². The van der Waals surface area contributed by atoms with Crippen molar-refractivity contribution in [1.29, 1.82) is 0 Å². The number of nitrogens with zero attached hydrogens (tertiary/aromatic N) is 2. The molecular formula is C24H30FN3O2. The van der Waals surface area contributed by atoms with Gasteiger partial charge in [-0.25, -0.2) is 4.39 Å².